The molecule has 2 heterocycles. The van der Waals surface area contributed by atoms with Crippen molar-refractivity contribution >= 4 is 27.9 Å². The fourth-order valence-corrected chi connectivity index (χ4v) is 4.49. The average Bonchev–Trinajstić information content (AvgIpc) is 3.21. The number of rotatable bonds is 5. The third-order valence-corrected chi connectivity index (χ3v) is 6.29. The number of hydrogen-bond acceptors (Lipinski definition) is 4. The van der Waals surface area contributed by atoms with Crippen molar-refractivity contribution in [3.05, 3.63) is 36.5 Å². The second kappa shape index (κ2) is 8.46. The number of nitrogens with zero attached hydrogens (tertiary/aromatic N) is 2. The summed E-state index contributed by atoms with van der Waals surface area (Å²) in [4.78, 5) is 6.66. The van der Waals surface area contributed by atoms with E-state index in [-0.39, 0.29) is 11.7 Å². The Morgan fingerprint density at radius 1 is 1.03 bits per heavy atom. The van der Waals surface area contributed by atoms with Crippen LogP contribution in [0.1, 0.15) is 44.2 Å². The van der Waals surface area contributed by atoms with E-state index in [1.54, 1.807) is 12.1 Å². The maximum atomic E-state index is 13.5. The van der Waals surface area contributed by atoms with E-state index in [1.807, 2.05) is 12.1 Å². The molecule has 162 valence electrons. The lowest BCUT2D eigenvalue weighted by atomic mass is 10.0. The molecule has 0 bridgehead atoms. The minimum Gasteiger partial charge on any atom is -0.382 e. The molecule has 2 aliphatic rings. The van der Waals surface area contributed by atoms with Crippen LogP contribution in [0.3, 0.4) is 0 Å². The van der Waals surface area contributed by atoms with Crippen molar-refractivity contribution in [1.82, 2.24) is 9.88 Å². The molecule has 1 saturated carbocycles. The third-order valence-electron chi connectivity index (χ3n) is 6.29. The van der Waals surface area contributed by atoms with Gasteiger partial charge in [-0.1, -0.05) is 31.6 Å². The second-order valence-electron chi connectivity index (χ2n) is 8.58. The molecule has 2 aromatic rings. The molecule has 0 atom stereocenters. The molecule has 4 rings (SSSR count). The minimum atomic E-state index is -4.52. The third kappa shape index (κ3) is 4.56. The first kappa shape index (κ1) is 21.0. The van der Waals surface area contributed by atoms with E-state index in [9.17, 15) is 13.2 Å². The predicted octanol–water partition coefficient (Wildman–Crippen LogP) is 5.67. The Labute approximate surface area is 175 Å². The number of benzene rings is 1. The van der Waals surface area contributed by atoms with Crippen LogP contribution < -0.4 is 10.6 Å². The quantitative estimate of drug-likeness (QED) is 0.656. The number of alkyl halides is 3. The van der Waals surface area contributed by atoms with E-state index in [4.69, 9.17) is 0 Å². The van der Waals surface area contributed by atoms with Crippen LogP contribution in [0.25, 0.3) is 16.3 Å². The second-order valence-corrected chi connectivity index (χ2v) is 8.58. The van der Waals surface area contributed by atoms with Crippen molar-refractivity contribution in [2.75, 3.05) is 30.8 Å². The first-order valence-corrected chi connectivity index (χ1v) is 10.7. The lowest BCUT2D eigenvalue weighted by molar-refractivity contribution is -0.0688. The van der Waals surface area contributed by atoms with Gasteiger partial charge < -0.3 is 15.5 Å². The van der Waals surface area contributed by atoms with Crippen LogP contribution in [-0.2, 0) is 0 Å². The number of aromatic nitrogens is 1. The summed E-state index contributed by atoms with van der Waals surface area (Å²) in [6.07, 6.45) is 1.80. The number of halogens is 3. The number of piperidine rings is 1. The fraction of sp³-hybridized carbons (Fsp3) is 0.522. The highest BCUT2D eigenvalue weighted by atomic mass is 19.4. The smallest absolute Gasteiger partial charge is 0.382 e. The SMILES string of the molecule is C=C(c1nc(NC2CCCC2)cc2c(NC3CCN(C)CC3)cccc12)C(F)(F)F. The zero-order valence-corrected chi connectivity index (χ0v) is 17.4. The number of hydrogen-bond donors (Lipinski definition) is 2. The molecule has 0 amide bonds. The Morgan fingerprint density at radius 3 is 2.37 bits per heavy atom. The zero-order chi connectivity index (χ0) is 21.3. The molecule has 7 heteroatoms. The van der Waals surface area contributed by atoms with Gasteiger partial charge in [0.15, 0.2) is 0 Å². The van der Waals surface area contributed by atoms with E-state index in [2.05, 4.69) is 34.1 Å². The fourth-order valence-electron chi connectivity index (χ4n) is 4.49. The molecule has 30 heavy (non-hydrogen) atoms. The van der Waals surface area contributed by atoms with Gasteiger partial charge in [-0.15, -0.1) is 0 Å². The summed E-state index contributed by atoms with van der Waals surface area (Å²) in [7, 11) is 2.11. The van der Waals surface area contributed by atoms with Crippen molar-refractivity contribution in [3.8, 4) is 0 Å². The lowest BCUT2D eigenvalue weighted by Gasteiger charge is -2.30. The molecular weight excluding hydrogens is 389 g/mol. The maximum Gasteiger partial charge on any atom is 0.417 e. The molecule has 1 aromatic carbocycles. The molecule has 0 spiro atoms. The zero-order valence-electron chi connectivity index (χ0n) is 17.4. The van der Waals surface area contributed by atoms with Gasteiger partial charge in [0.25, 0.3) is 0 Å². The number of pyridine rings is 1. The highest BCUT2D eigenvalue weighted by Gasteiger charge is 2.35. The normalized spacial score (nSPS) is 19.3. The number of fused-ring (bicyclic) bond motifs is 1. The van der Waals surface area contributed by atoms with E-state index in [1.165, 1.54) is 0 Å². The maximum absolute atomic E-state index is 13.5. The topological polar surface area (TPSA) is 40.2 Å². The van der Waals surface area contributed by atoms with Crippen LogP contribution >= 0.6 is 0 Å². The van der Waals surface area contributed by atoms with Gasteiger partial charge in [-0.25, -0.2) is 4.98 Å². The van der Waals surface area contributed by atoms with Crippen LogP contribution in [0.15, 0.2) is 30.8 Å². The van der Waals surface area contributed by atoms with E-state index >= 15 is 0 Å². The molecule has 1 saturated heterocycles. The highest BCUT2D eigenvalue weighted by Crippen LogP contribution is 2.38. The van der Waals surface area contributed by atoms with Gasteiger partial charge in [-0.3, -0.25) is 0 Å². The summed E-state index contributed by atoms with van der Waals surface area (Å²) in [5.74, 6) is 0.493. The van der Waals surface area contributed by atoms with Gasteiger partial charge in [0.1, 0.15) is 5.82 Å². The van der Waals surface area contributed by atoms with Gasteiger partial charge in [-0.2, -0.15) is 13.2 Å². The Kier molecular flexibility index (Phi) is 5.91. The first-order chi connectivity index (χ1) is 14.3. The lowest BCUT2D eigenvalue weighted by Crippen LogP contribution is -2.36. The minimum absolute atomic E-state index is 0.0903. The van der Waals surface area contributed by atoms with Crippen molar-refractivity contribution in [2.24, 2.45) is 0 Å². The van der Waals surface area contributed by atoms with Crippen LogP contribution in [-0.4, -0.2) is 48.3 Å². The molecule has 0 radical (unpaired) electrons. The van der Waals surface area contributed by atoms with Crippen molar-refractivity contribution in [2.45, 2.75) is 56.8 Å². The highest BCUT2D eigenvalue weighted by molar-refractivity contribution is 6.01. The van der Waals surface area contributed by atoms with Gasteiger partial charge in [0.05, 0.1) is 11.3 Å². The predicted molar refractivity (Wildman–Crippen MR) is 117 cm³/mol. The Bertz CT molecular complexity index is 911. The van der Waals surface area contributed by atoms with E-state index in [0.29, 0.717) is 17.2 Å². The summed E-state index contributed by atoms with van der Waals surface area (Å²) >= 11 is 0. The van der Waals surface area contributed by atoms with Gasteiger partial charge in [0, 0.05) is 28.5 Å². The Hall–Kier alpha value is -2.28. The molecule has 1 aliphatic carbocycles. The largest absolute Gasteiger partial charge is 0.417 e. The molecular formula is C23H29F3N4. The number of anilines is 2. The summed E-state index contributed by atoms with van der Waals surface area (Å²) in [5, 5.41) is 8.18. The van der Waals surface area contributed by atoms with E-state index < -0.39 is 11.7 Å². The number of likely N-dealkylation sites (tertiary alicyclic amines) is 1. The van der Waals surface area contributed by atoms with E-state index in [0.717, 1.165) is 62.7 Å². The summed E-state index contributed by atoms with van der Waals surface area (Å²) in [6.45, 7) is 5.35. The molecule has 4 nitrogen and oxygen atoms in total. The molecule has 0 unspecified atom stereocenters. The van der Waals surface area contributed by atoms with Crippen LogP contribution in [0, 0.1) is 0 Å². The first-order valence-electron chi connectivity index (χ1n) is 10.7. The Morgan fingerprint density at radius 2 is 1.70 bits per heavy atom. The Balaban J connectivity index is 1.74. The van der Waals surface area contributed by atoms with Gasteiger partial charge in [0.2, 0.25) is 0 Å². The van der Waals surface area contributed by atoms with Crippen molar-refractivity contribution in [3.63, 3.8) is 0 Å². The molecule has 2 N–H and O–H groups in total. The molecule has 1 aromatic heterocycles. The van der Waals surface area contributed by atoms with Gasteiger partial charge in [-0.05, 0) is 58.0 Å². The molecule has 1 aliphatic heterocycles. The van der Waals surface area contributed by atoms with Crippen molar-refractivity contribution < 1.29 is 13.2 Å². The number of allylic oxidation sites excluding steroid dienone is 1. The number of nitrogens with one attached hydrogen (secondary N) is 2. The molecule has 2 fully saturated rings. The van der Waals surface area contributed by atoms with Gasteiger partial charge >= 0.3 is 6.18 Å². The average molecular weight is 419 g/mol. The summed E-state index contributed by atoms with van der Waals surface area (Å²) in [5.41, 5.74) is -0.137. The standard InChI is InChI=1S/C23H29F3N4/c1-15(23(24,25)26)22-18-8-5-9-20(27-17-10-12-30(2)13-11-17)19(18)14-21(29-22)28-16-6-3-4-7-16/h5,8-9,14,16-17,27H,1,3-4,6-7,10-13H2,2H3,(H,28,29). The summed E-state index contributed by atoms with van der Waals surface area (Å²) in [6, 6.07) is 7.89. The van der Waals surface area contributed by atoms with Crippen LogP contribution in [0.4, 0.5) is 24.7 Å². The van der Waals surface area contributed by atoms with Crippen LogP contribution in [0.2, 0.25) is 0 Å². The van der Waals surface area contributed by atoms with Crippen molar-refractivity contribution in [1.29, 1.82) is 0 Å². The monoisotopic (exact) mass is 418 g/mol. The van der Waals surface area contributed by atoms with Crippen LogP contribution in [0.5, 0.6) is 0 Å². The summed E-state index contributed by atoms with van der Waals surface area (Å²) < 4.78 is 40.6.